The van der Waals surface area contributed by atoms with Gasteiger partial charge in [-0.25, -0.2) is 0 Å². The van der Waals surface area contributed by atoms with E-state index in [0.29, 0.717) is 0 Å². The molecule has 21 rings (SSSR count). The summed E-state index contributed by atoms with van der Waals surface area (Å²) >= 11 is 0. The lowest BCUT2D eigenvalue weighted by molar-refractivity contribution is -0.396. The molecule has 14 bridgehead atoms. The van der Waals surface area contributed by atoms with Gasteiger partial charge >= 0.3 is 0 Å². The van der Waals surface area contributed by atoms with Crippen LogP contribution in [0.25, 0.3) is 10.4 Å². The molecule has 0 amide bonds. The van der Waals surface area contributed by atoms with E-state index in [4.69, 9.17) is 66.3 Å². The average Bonchev–Trinajstić information content (AvgIpc) is 3.48. The van der Waals surface area contributed by atoms with Crippen LogP contribution in [0, 0.1) is 0 Å². The minimum atomic E-state index is -2.23. The molecule has 21 fully saturated rings. The van der Waals surface area contributed by atoms with Gasteiger partial charge in [-0.15, -0.1) is 0 Å². The molecule has 79 heavy (non-hydrogen) atoms. The van der Waals surface area contributed by atoms with Crippen LogP contribution in [0.2, 0.25) is 0 Å². The second-order valence-electron chi connectivity index (χ2n) is 19.9. The van der Waals surface area contributed by atoms with Crippen LogP contribution in [0.5, 0.6) is 0 Å². The highest BCUT2D eigenvalue weighted by molar-refractivity contribution is 5.03. The highest BCUT2D eigenvalue weighted by Gasteiger charge is 2.59. The minimum absolute atomic E-state index is 1.05. The fraction of sp³-hybridized carbons (Fsp3) is 1.00. The molecule has 0 spiro atoms. The molecule has 0 radical (unpaired) electrons. The van der Waals surface area contributed by atoms with Gasteiger partial charge in [-0.2, -0.15) is 0 Å². The Hall–Kier alpha value is -2.05. The summed E-state index contributed by atoms with van der Waals surface area (Å²) in [7, 11) is 0. The summed E-state index contributed by atoms with van der Waals surface area (Å²) in [6.45, 7) is -7.41. The van der Waals surface area contributed by atoms with Crippen LogP contribution < -0.4 is 0 Å². The maximum atomic E-state index is 11.5. The zero-order valence-corrected chi connectivity index (χ0v) is 41.2. The quantitative estimate of drug-likeness (QED) is 0.0610. The fourth-order valence-electron chi connectivity index (χ4n) is 10.6. The van der Waals surface area contributed by atoms with Crippen molar-refractivity contribution in [2.75, 3.05) is 46.2 Å². The molecule has 37 heteroatoms. The Balaban J connectivity index is 1.09. The van der Waals surface area contributed by atoms with Crippen LogP contribution in [-0.2, 0) is 66.3 Å². The number of azide groups is 1. The first kappa shape index (κ1) is 63.0. The van der Waals surface area contributed by atoms with E-state index in [1.54, 1.807) is 0 Å². The number of hydrogen-bond donors (Lipinski definition) is 20. The maximum Gasteiger partial charge on any atom is 0.187 e. The SMILES string of the molecule is [N-]=[N+]=N[C@H]1[C@H](O)[C@H]2O[C@H]3[C@H](O)[C@@H](O)[C@@H](O[C@H]4[C@H](O)[C@@H](O)[C@@H](O[C@H]5[C@H](O)[C@@H](O)[C@@H](O[C@H]6[C@H](O)[C@@H](O)[C@@H](O[C@H]7[C@H](O)[C@@H](O)[C@@H](O[C@H]8[C@H](O)[C@@H](O)[C@@H](O[C@@H]1[C@@H](CO)O2)O[C@@H]8CO)O[C@@H]7CO)O[C@@H]6CO)O[C@@H]5CO)O[C@@H]4CO)O[C@@H]3CO. The molecule has 35 atom stereocenters. The lowest BCUT2D eigenvalue weighted by Gasteiger charge is -2.50. The highest BCUT2D eigenvalue weighted by atomic mass is 16.8. The van der Waals surface area contributed by atoms with Crippen molar-refractivity contribution in [3.05, 3.63) is 10.4 Å². The average molecular weight is 1160 g/mol. The first-order valence-corrected chi connectivity index (χ1v) is 25.0. The van der Waals surface area contributed by atoms with Crippen molar-refractivity contribution in [3.63, 3.8) is 0 Å². The second kappa shape index (κ2) is 26.9. The van der Waals surface area contributed by atoms with Crippen molar-refractivity contribution in [2.24, 2.45) is 5.11 Å². The molecule has 21 heterocycles. The monoisotopic (exact) mass is 1160 g/mol. The van der Waals surface area contributed by atoms with Crippen LogP contribution >= 0.6 is 0 Å². The van der Waals surface area contributed by atoms with E-state index in [9.17, 15) is 108 Å². The number of hydrogen-bond acceptors (Lipinski definition) is 35. The maximum absolute atomic E-state index is 11.5. The van der Waals surface area contributed by atoms with Crippen LogP contribution in [-0.4, -0.2) is 363 Å². The molecule has 0 aromatic heterocycles. The Kier molecular flexibility index (Phi) is 21.4. The Morgan fingerprint density at radius 1 is 0.241 bits per heavy atom. The van der Waals surface area contributed by atoms with Gasteiger partial charge < -0.3 is 168 Å². The molecule has 20 N–H and O–H groups in total. The van der Waals surface area contributed by atoms with Crippen molar-refractivity contribution in [1.82, 2.24) is 0 Å². The molecule has 21 aliphatic rings. The Bertz CT molecular complexity index is 1960. The normalized spacial score (nSPS) is 54.1. The molecule has 456 valence electrons. The minimum Gasteiger partial charge on any atom is -0.394 e. The summed E-state index contributed by atoms with van der Waals surface area (Å²) in [6.07, 6.45) is -68.4. The molecule has 0 aromatic rings. The number of ether oxygens (including phenoxy) is 14. The van der Waals surface area contributed by atoms with Gasteiger partial charge in [-0.1, -0.05) is 5.11 Å². The summed E-state index contributed by atoms with van der Waals surface area (Å²) in [4.78, 5) is 2.69. The predicted octanol–water partition coefficient (Wildman–Crippen LogP) is -13.9. The molecule has 0 aliphatic carbocycles. The van der Waals surface area contributed by atoms with Crippen LogP contribution in [0.15, 0.2) is 5.11 Å². The van der Waals surface area contributed by atoms with Crippen molar-refractivity contribution >= 4 is 0 Å². The van der Waals surface area contributed by atoms with Crippen molar-refractivity contribution in [2.45, 2.75) is 215 Å². The van der Waals surface area contributed by atoms with Gasteiger partial charge in [0.15, 0.2) is 44.0 Å². The molecular weight excluding hydrogens is 1090 g/mol. The molecule has 0 unspecified atom stereocenters. The number of rotatable bonds is 8. The zero-order valence-electron chi connectivity index (χ0n) is 41.2. The molecule has 21 saturated heterocycles. The van der Waals surface area contributed by atoms with Gasteiger partial charge in [0.05, 0.1) is 52.3 Å². The zero-order chi connectivity index (χ0) is 57.5. The van der Waals surface area contributed by atoms with Crippen molar-refractivity contribution in [3.8, 4) is 0 Å². The van der Waals surface area contributed by atoms with Gasteiger partial charge in [-0.05, 0) is 5.53 Å². The summed E-state index contributed by atoms with van der Waals surface area (Å²) < 4.78 is 79.9. The number of aliphatic hydroxyl groups excluding tert-OH is 20. The lowest BCUT2D eigenvalue weighted by Crippen LogP contribution is -2.68. The van der Waals surface area contributed by atoms with E-state index < -0.39 is 261 Å². The molecule has 21 aliphatic heterocycles. The first-order chi connectivity index (χ1) is 37.7. The second-order valence-corrected chi connectivity index (χ2v) is 19.9. The van der Waals surface area contributed by atoms with Crippen LogP contribution in [0.4, 0.5) is 0 Å². The van der Waals surface area contributed by atoms with Gasteiger partial charge in [0, 0.05) is 4.91 Å². The van der Waals surface area contributed by atoms with Gasteiger partial charge in [0.25, 0.3) is 0 Å². The largest absolute Gasteiger partial charge is 0.394 e. The third-order valence-electron chi connectivity index (χ3n) is 15.0. The summed E-state index contributed by atoms with van der Waals surface area (Å²) in [5.41, 5.74) is 9.57. The standard InChI is InChI=1S/C42H69N3O34/c43-45-44-15-16(53)36-66-8(1-46)29(15)73-37-23(60)17(54)31(10(3-48)67-37)75-39-25(62)19(56)33(12(5-50)69-39)77-41-27(64)21(58)35(14(7-52)71-41)79-42-28(65)22(59)34(13(6-51)72-42)78-40-26(63)20(57)32(11(4-49)70-40)76-38-24(61)18(55)30(74-36)9(2-47)68-38/h8-42,46-65H,1-7H2/t8-,9-,10-,11-,12-,13-,14-,15+,16+,17-,18-,19-,20-,21-,22-,23-,24-,25-,26-,27-,28-,29-,30-,31-,32-,33-,34-,35-,36-,37-,38-,39-,40-,41-,42-/m1/s1. The van der Waals surface area contributed by atoms with E-state index in [2.05, 4.69) is 10.0 Å². The highest BCUT2D eigenvalue weighted by Crippen LogP contribution is 2.39. The Labute approximate surface area is 444 Å². The molecular formula is C42H69N3O34. The first-order valence-electron chi connectivity index (χ1n) is 25.0. The predicted molar refractivity (Wildman–Crippen MR) is 235 cm³/mol. The van der Waals surface area contributed by atoms with Gasteiger partial charge in [0.1, 0.15) is 165 Å². The van der Waals surface area contributed by atoms with E-state index in [-0.39, 0.29) is 0 Å². The van der Waals surface area contributed by atoms with E-state index in [1.807, 2.05) is 0 Å². The molecule has 0 saturated carbocycles. The van der Waals surface area contributed by atoms with Crippen LogP contribution in [0.1, 0.15) is 0 Å². The van der Waals surface area contributed by atoms with Gasteiger partial charge in [0.2, 0.25) is 0 Å². The smallest absolute Gasteiger partial charge is 0.187 e. The number of nitrogens with zero attached hydrogens (tertiary/aromatic N) is 3. The Morgan fingerprint density at radius 3 is 0.582 bits per heavy atom. The van der Waals surface area contributed by atoms with Crippen molar-refractivity contribution < 1.29 is 168 Å². The van der Waals surface area contributed by atoms with E-state index in [0.717, 1.165) is 0 Å². The molecule has 0 aromatic carbocycles. The van der Waals surface area contributed by atoms with Gasteiger partial charge in [-0.3, -0.25) is 0 Å². The summed E-state index contributed by atoms with van der Waals surface area (Å²) in [5, 5.41) is 224. The van der Waals surface area contributed by atoms with Crippen LogP contribution in [0.3, 0.4) is 0 Å². The number of aliphatic hydroxyl groups is 20. The van der Waals surface area contributed by atoms with E-state index >= 15 is 0 Å². The third-order valence-corrected chi connectivity index (χ3v) is 15.0. The summed E-state index contributed by atoms with van der Waals surface area (Å²) in [6, 6.07) is -1.89. The topological polar surface area (TPSA) is 583 Å². The van der Waals surface area contributed by atoms with E-state index in [1.165, 1.54) is 0 Å². The lowest BCUT2D eigenvalue weighted by atomic mass is 9.94. The third kappa shape index (κ3) is 12.4. The molecule has 37 nitrogen and oxygen atoms in total. The Morgan fingerprint density at radius 2 is 0.405 bits per heavy atom. The summed E-state index contributed by atoms with van der Waals surface area (Å²) in [5.74, 6) is 0. The fourth-order valence-corrected chi connectivity index (χ4v) is 10.6. The van der Waals surface area contributed by atoms with Crippen molar-refractivity contribution in [1.29, 1.82) is 0 Å².